The number of aromatic nitrogens is 2. The Balaban J connectivity index is 1.44. The lowest BCUT2D eigenvalue weighted by Crippen LogP contribution is -2.38. The molecule has 0 saturated carbocycles. The lowest BCUT2D eigenvalue weighted by Gasteiger charge is -2.34. The highest BCUT2D eigenvalue weighted by Crippen LogP contribution is 2.39. The standard InChI is InChI=1S/C31H36F2N4O/c1-5-6-23-15-21(7-8-25(23)22-9-11-36(4)12-10-22)16-29-34-19-27(33)30(35-29)24-17-26(32)31-28(18-24)37(20(2)3)13-14-38-31/h5,7-8,15,17-20,22H,1,6,9-14,16H2,2-4H3. The van der Waals surface area contributed by atoms with E-state index in [9.17, 15) is 4.39 Å². The first-order valence-corrected chi connectivity index (χ1v) is 13.5. The maximum absolute atomic E-state index is 15.0. The highest BCUT2D eigenvalue weighted by atomic mass is 19.1. The number of rotatable bonds is 7. The Morgan fingerprint density at radius 1 is 1.11 bits per heavy atom. The van der Waals surface area contributed by atoms with E-state index in [1.807, 2.05) is 19.9 Å². The van der Waals surface area contributed by atoms with Crippen molar-refractivity contribution in [2.75, 3.05) is 38.2 Å². The second-order valence-corrected chi connectivity index (χ2v) is 10.7. The van der Waals surface area contributed by atoms with Gasteiger partial charge in [0.05, 0.1) is 18.4 Å². The average Bonchev–Trinajstić information content (AvgIpc) is 2.90. The summed E-state index contributed by atoms with van der Waals surface area (Å²) in [4.78, 5) is 13.3. The number of hydrogen-bond acceptors (Lipinski definition) is 5. The molecule has 0 spiro atoms. The Morgan fingerprint density at radius 3 is 2.63 bits per heavy atom. The molecule has 0 unspecified atom stereocenters. The summed E-state index contributed by atoms with van der Waals surface area (Å²) >= 11 is 0. The van der Waals surface area contributed by atoms with Crippen LogP contribution in [0.15, 0.2) is 49.2 Å². The number of halogens is 2. The number of likely N-dealkylation sites (tertiary alicyclic amines) is 1. The van der Waals surface area contributed by atoms with Gasteiger partial charge < -0.3 is 14.5 Å². The summed E-state index contributed by atoms with van der Waals surface area (Å²) in [6, 6.07) is 9.79. The van der Waals surface area contributed by atoms with Gasteiger partial charge in [0.15, 0.2) is 17.4 Å². The van der Waals surface area contributed by atoms with Crippen molar-refractivity contribution in [3.63, 3.8) is 0 Å². The van der Waals surface area contributed by atoms with Crippen LogP contribution >= 0.6 is 0 Å². The number of nitrogens with zero attached hydrogens (tertiary/aromatic N) is 4. The first-order valence-electron chi connectivity index (χ1n) is 13.5. The van der Waals surface area contributed by atoms with E-state index >= 15 is 4.39 Å². The molecule has 1 aromatic heterocycles. The molecule has 5 nitrogen and oxygen atoms in total. The van der Waals surface area contributed by atoms with Crippen LogP contribution in [0, 0.1) is 11.6 Å². The Morgan fingerprint density at radius 2 is 1.89 bits per heavy atom. The third kappa shape index (κ3) is 5.44. The fourth-order valence-electron chi connectivity index (χ4n) is 5.67. The number of hydrogen-bond donors (Lipinski definition) is 0. The Hall–Kier alpha value is -3.32. The van der Waals surface area contributed by atoms with Crippen LogP contribution in [0.4, 0.5) is 14.5 Å². The average molecular weight is 519 g/mol. The number of ether oxygens (including phenoxy) is 1. The van der Waals surface area contributed by atoms with Crippen molar-refractivity contribution in [2.45, 2.75) is 51.5 Å². The van der Waals surface area contributed by atoms with Crippen LogP contribution in [0.25, 0.3) is 11.3 Å². The van der Waals surface area contributed by atoms with E-state index in [1.165, 1.54) is 23.4 Å². The number of anilines is 1. The van der Waals surface area contributed by atoms with E-state index in [0.29, 0.717) is 42.6 Å². The van der Waals surface area contributed by atoms with Gasteiger partial charge in [0.25, 0.3) is 0 Å². The van der Waals surface area contributed by atoms with Gasteiger partial charge in [-0.1, -0.05) is 24.3 Å². The van der Waals surface area contributed by atoms with Gasteiger partial charge in [-0.2, -0.15) is 0 Å². The molecule has 2 aromatic carbocycles. The Bertz CT molecular complexity index is 1320. The minimum Gasteiger partial charge on any atom is -0.486 e. The molecule has 0 N–H and O–H groups in total. The minimum absolute atomic E-state index is 0.0974. The maximum atomic E-state index is 15.0. The molecule has 1 saturated heterocycles. The van der Waals surface area contributed by atoms with E-state index in [4.69, 9.17) is 4.74 Å². The van der Waals surface area contributed by atoms with Crippen molar-refractivity contribution < 1.29 is 13.5 Å². The topological polar surface area (TPSA) is 41.5 Å². The fourth-order valence-corrected chi connectivity index (χ4v) is 5.67. The lowest BCUT2D eigenvalue weighted by atomic mass is 9.85. The molecular formula is C31H36F2N4O. The second-order valence-electron chi connectivity index (χ2n) is 10.7. The number of piperidine rings is 1. The molecule has 0 bridgehead atoms. The molecule has 7 heteroatoms. The van der Waals surface area contributed by atoms with Gasteiger partial charge in [0.1, 0.15) is 18.1 Å². The molecule has 38 heavy (non-hydrogen) atoms. The zero-order valence-corrected chi connectivity index (χ0v) is 22.5. The third-order valence-corrected chi connectivity index (χ3v) is 7.70. The van der Waals surface area contributed by atoms with Crippen molar-refractivity contribution in [3.8, 4) is 17.0 Å². The summed E-state index contributed by atoms with van der Waals surface area (Å²) < 4.78 is 35.6. The first kappa shape index (κ1) is 26.3. The number of allylic oxidation sites excluding steroid dienone is 1. The molecule has 0 amide bonds. The van der Waals surface area contributed by atoms with Crippen LogP contribution in [-0.2, 0) is 12.8 Å². The summed E-state index contributed by atoms with van der Waals surface area (Å²) in [7, 11) is 2.17. The van der Waals surface area contributed by atoms with Crippen LogP contribution in [0.1, 0.15) is 55.1 Å². The second kappa shape index (κ2) is 11.2. The Kier molecular flexibility index (Phi) is 7.75. The van der Waals surface area contributed by atoms with E-state index in [1.54, 1.807) is 6.07 Å². The van der Waals surface area contributed by atoms with E-state index < -0.39 is 11.6 Å². The van der Waals surface area contributed by atoms with Gasteiger partial charge in [-0.25, -0.2) is 18.7 Å². The SMILES string of the molecule is C=CCc1cc(Cc2ncc(F)c(-c3cc(F)c4c(c3)N(C(C)C)CCO4)n2)ccc1C1CCN(C)CC1. The summed E-state index contributed by atoms with van der Waals surface area (Å²) in [5.41, 5.74) is 4.83. The van der Waals surface area contributed by atoms with Crippen LogP contribution in [-0.4, -0.2) is 54.2 Å². The summed E-state index contributed by atoms with van der Waals surface area (Å²) in [5, 5.41) is 0. The molecule has 3 heterocycles. The normalized spacial score (nSPS) is 16.4. The number of benzene rings is 2. The molecule has 2 aliphatic rings. The molecule has 0 atom stereocenters. The molecule has 1 fully saturated rings. The lowest BCUT2D eigenvalue weighted by molar-refractivity contribution is 0.255. The van der Waals surface area contributed by atoms with Gasteiger partial charge in [0.2, 0.25) is 0 Å². The van der Waals surface area contributed by atoms with Crippen LogP contribution in [0.3, 0.4) is 0 Å². The number of fused-ring (bicyclic) bond motifs is 1. The largest absolute Gasteiger partial charge is 0.486 e. The van der Waals surface area contributed by atoms with Crippen molar-refractivity contribution in [1.29, 1.82) is 0 Å². The third-order valence-electron chi connectivity index (χ3n) is 7.70. The summed E-state index contributed by atoms with van der Waals surface area (Å²) in [5.74, 6) is 0.167. The quantitative estimate of drug-likeness (QED) is 0.351. The summed E-state index contributed by atoms with van der Waals surface area (Å²) in [6.07, 6.45) is 6.69. The van der Waals surface area contributed by atoms with Gasteiger partial charge >= 0.3 is 0 Å². The summed E-state index contributed by atoms with van der Waals surface area (Å²) in [6.45, 7) is 11.3. The zero-order valence-electron chi connectivity index (χ0n) is 22.5. The smallest absolute Gasteiger partial charge is 0.178 e. The molecule has 5 rings (SSSR count). The van der Waals surface area contributed by atoms with Gasteiger partial charge in [-0.05, 0) is 88.0 Å². The van der Waals surface area contributed by atoms with Crippen LogP contribution in [0.2, 0.25) is 0 Å². The predicted molar refractivity (Wildman–Crippen MR) is 148 cm³/mol. The minimum atomic E-state index is -0.578. The first-order chi connectivity index (χ1) is 18.3. The van der Waals surface area contributed by atoms with Crippen LogP contribution < -0.4 is 9.64 Å². The van der Waals surface area contributed by atoms with Gasteiger partial charge in [-0.15, -0.1) is 6.58 Å². The molecule has 0 radical (unpaired) electrons. The highest BCUT2D eigenvalue weighted by Gasteiger charge is 2.26. The van der Waals surface area contributed by atoms with E-state index in [-0.39, 0.29) is 17.5 Å². The van der Waals surface area contributed by atoms with Gasteiger partial charge in [0, 0.05) is 18.0 Å². The van der Waals surface area contributed by atoms with Crippen molar-refractivity contribution in [2.24, 2.45) is 0 Å². The van der Waals surface area contributed by atoms with Crippen LogP contribution in [0.5, 0.6) is 5.75 Å². The maximum Gasteiger partial charge on any atom is 0.178 e. The molecular weight excluding hydrogens is 482 g/mol. The molecule has 3 aromatic rings. The van der Waals surface area contributed by atoms with Crippen molar-refractivity contribution in [1.82, 2.24) is 14.9 Å². The zero-order chi connectivity index (χ0) is 26.8. The van der Waals surface area contributed by atoms with E-state index in [2.05, 4.69) is 51.6 Å². The van der Waals surface area contributed by atoms with Crippen molar-refractivity contribution >= 4 is 5.69 Å². The monoisotopic (exact) mass is 518 g/mol. The predicted octanol–water partition coefficient (Wildman–Crippen LogP) is 6.16. The van der Waals surface area contributed by atoms with Crippen molar-refractivity contribution in [3.05, 3.63) is 83.3 Å². The fraction of sp³-hybridized carbons (Fsp3) is 0.419. The molecule has 0 aliphatic carbocycles. The Labute approximate surface area is 224 Å². The van der Waals surface area contributed by atoms with E-state index in [0.717, 1.165) is 37.9 Å². The molecule has 200 valence electrons. The highest BCUT2D eigenvalue weighted by molar-refractivity contribution is 5.72. The molecule has 2 aliphatic heterocycles. The van der Waals surface area contributed by atoms with Gasteiger partial charge in [-0.3, -0.25) is 0 Å².